The van der Waals surface area contributed by atoms with E-state index in [4.69, 9.17) is 4.74 Å². The predicted molar refractivity (Wildman–Crippen MR) is 65.7 cm³/mol. The van der Waals surface area contributed by atoms with Gasteiger partial charge < -0.3 is 4.74 Å². The van der Waals surface area contributed by atoms with E-state index in [1.54, 1.807) is 0 Å². The summed E-state index contributed by atoms with van der Waals surface area (Å²) >= 11 is 0. The molecule has 0 atom stereocenters. The van der Waals surface area contributed by atoms with Gasteiger partial charge in [-0.15, -0.1) is 0 Å². The van der Waals surface area contributed by atoms with Crippen molar-refractivity contribution in [3.63, 3.8) is 0 Å². The summed E-state index contributed by atoms with van der Waals surface area (Å²) in [5.41, 5.74) is 1.84. The van der Waals surface area contributed by atoms with Gasteiger partial charge in [0.15, 0.2) is 0 Å². The average Bonchev–Trinajstić information content (AvgIpc) is 2.28. The van der Waals surface area contributed by atoms with Gasteiger partial charge in [-0.2, -0.15) is 0 Å². The first-order valence-corrected chi connectivity index (χ1v) is 5.73. The molecule has 88 valence electrons. The van der Waals surface area contributed by atoms with Crippen molar-refractivity contribution < 1.29 is 9.53 Å². The standard InChI is InChI=1S/C13H19NO2/c1-3-4-7-10-16-13(15)14-12-9-6-5-8-11(12)2/h5-6,8-9H,3-4,7,10H2,1-2H3,(H,14,15). The number of hydrogen-bond acceptors (Lipinski definition) is 2. The molecule has 0 unspecified atom stereocenters. The van der Waals surface area contributed by atoms with Gasteiger partial charge in [-0.05, 0) is 25.0 Å². The molecule has 0 bridgehead atoms. The average molecular weight is 221 g/mol. The second-order valence-corrected chi connectivity index (χ2v) is 3.78. The van der Waals surface area contributed by atoms with E-state index in [0.717, 1.165) is 30.5 Å². The fourth-order valence-electron chi connectivity index (χ4n) is 1.38. The van der Waals surface area contributed by atoms with Crippen LogP contribution in [0.15, 0.2) is 24.3 Å². The van der Waals surface area contributed by atoms with Crippen molar-refractivity contribution in [2.75, 3.05) is 11.9 Å². The summed E-state index contributed by atoms with van der Waals surface area (Å²) in [5, 5.41) is 2.73. The molecule has 0 aliphatic rings. The number of carbonyl (C=O) groups is 1. The fraction of sp³-hybridized carbons (Fsp3) is 0.462. The molecule has 0 aromatic heterocycles. The van der Waals surface area contributed by atoms with Gasteiger partial charge in [0.2, 0.25) is 0 Å². The number of hydrogen-bond donors (Lipinski definition) is 1. The summed E-state index contributed by atoms with van der Waals surface area (Å²) in [6.45, 7) is 4.56. The van der Waals surface area contributed by atoms with Gasteiger partial charge in [0.05, 0.1) is 6.61 Å². The molecule has 3 nitrogen and oxygen atoms in total. The number of amides is 1. The molecule has 1 N–H and O–H groups in total. The molecule has 0 heterocycles. The quantitative estimate of drug-likeness (QED) is 0.769. The SMILES string of the molecule is CCCCCOC(=O)Nc1ccccc1C. The summed E-state index contributed by atoms with van der Waals surface area (Å²) in [5.74, 6) is 0. The van der Waals surface area contributed by atoms with E-state index < -0.39 is 0 Å². The molecule has 0 fully saturated rings. The molecular weight excluding hydrogens is 202 g/mol. The summed E-state index contributed by atoms with van der Waals surface area (Å²) in [6, 6.07) is 7.64. The van der Waals surface area contributed by atoms with Crippen molar-refractivity contribution in [1.29, 1.82) is 0 Å². The first kappa shape index (κ1) is 12.6. The maximum Gasteiger partial charge on any atom is 0.411 e. The predicted octanol–water partition coefficient (Wildman–Crippen LogP) is 3.73. The van der Waals surface area contributed by atoms with Gasteiger partial charge in [0, 0.05) is 5.69 Å². The van der Waals surface area contributed by atoms with E-state index in [2.05, 4.69) is 12.2 Å². The normalized spacial score (nSPS) is 9.88. The number of rotatable bonds is 5. The van der Waals surface area contributed by atoms with Crippen molar-refractivity contribution in [2.24, 2.45) is 0 Å². The first-order chi connectivity index (χ1) is 7.74. The van der Waals surface area contributed by atoms with Crippen LogP contribution in [-0.4, -0.2) is 12.7 Å². The Balaban J connectivity index is 2.32. The Morgan fingerprint density at radius 2 is 2.06 bits per heavy atom. The van der Waals surface area contributed by atoms with Gasteiger partial charge >= 0.3 is 6.09 Å². The third kappa shape index (κ3) is 4.34. The van der Waals surface area contributed by atoms with Crippen molar-refractivity contribution in [3.8, 4) is 0 Å². The summed E-state index contributed by atoms with van der Waals surface area (Å²) in [6.07, 6.45) is 2.78. The van der Waals surface area contributed by atoms with Crippen LogP contribution in [0, 0.1) is 6.92 Å². The lowest BCUT2D eigenvalue weighted by Crippen LogP contribution is -2.14. The van der Waals surface area contributed by atoms with Gasteiger partial charge in [0.1, 0.15) is 0 Å². The number of ether oxygens (including phenoxy) is 1. The van der Waals surface area contributed by atoms with Gasteiger partial charge in [-0.25, -0.2) is 4.79 Å². The minimum Gasteiger partial charge on any atom is -0.449 e. The van der Waals surface area contributed by atoms with Crippen LogP contribution in [-0.2, 0) is 4.74 Å². The molecule has 1 aromatic carbocycles. The molecule has 0 radical (unpaired) electrons. The number of aryl methyl sites for hydroxylation is 1. The van der Waals surface area contributed by atoms with Crippen LogP contribution in [0.1, 0.15) is 31.7 Å². The van der Waals surface area contributed by atoms with E-state index in [1.165, 1.54) is 0 Å². The second-order valence-electron chi connectivity index (χ2n) is 3.78. The van der Waals surface area contributed by atoms with Crippen LogP contribution < -0.4 is 5.32 Å². The maximum atomic E-state index is 11.4. The molecule has 0 saturated heterocycles. The minimum absolute atomic E-state index is 0.370. The van der Waals surface area contributed by atoms with Crippen molar-refractivity contribution >= 4 is 11.8 Å². The molecule has 0 aliphatic carbocycles. The largest absolute Gasteiger partial charge is 0.449 e. The van der Waals surface area contributed by atoms with Crippen molar-refractivity contribution in [2.45, 2.75) is 33.1 Å². The lowest BCUT2D eigenvalue weighted by atomic mass is 10.2. The monoisotopic (exact) mass is 221 g/mol. The molecule has 1 aromatic rings. The molecule has 0 saturated carbocycles. The van der Waals surface area contributed by atoms with Crippen LogP contribution in [0.25, 0.3) is 0 Å². The highest BCUT2D eigenvalue weighted by atomic mass is 16.5. The molecule has 1 rings (SSSR count). The molecule has 16 heavy (non-hydrogen) atoms. The smallest absolute Gasteiger partial charge is 0.411 e. The number of unbranched alkanes of at least 4 members (excludes halogenated alkanes) is 2. The van der Waals surface area contributed by atoms with Gasteiger partial charge in [-0.1, -0.05) is 38.0 Å². The topological polar surface area (TPSA) is 38.3 Å². The Hall–Kier alpha value is -1.51. The Morgan fingerprint density at radius 3 is 2.75 bits per heavy atom. The molecule has 0 aliphatic heterocycles. The molecule has 0 spiro atoms. The van der Waals surface area contributed by atoms with Crippen molar-refractivity contribution in [3.05, 3.63) is 29.8 Å². The van der Waals surface area contributed by atoms with E-state index >= 15 is 0 Å². The zero-order chi connectivity index (χ0) is 11.8. The summed E-state index contributed by atoms with van der Waals surface area (Å²) in [4.78, 5) is 11.4. The Morgan fingerprint density at radius 1 is 1.31 bits per heavy atom. The number of para-hydroxylation sites is 1. The Kier molecular flexibility index (Phi) is 5.40. The summed E-state index contributed by atoms with van der Waals surface area (Å²) in [7, 11) is 0. The zero-order valence-electron chi connectivity index (χ0n) is 9.95. The first-order valence-electron chi connectivity index (χ1n) is 5.73. The van der Waals surface area contributed by atoms with E-state index in [9.17, 15) is 4.79 Å². The van der Waals surface area contributed by atoms with Crippen LogP contribution in [0.4, 0.5) is 10.5 Å². The van der Waals surface area contributed by atoms with Gasteiger partial charge in [-0.3, -0.25) is 5.32 Å². The highest BCUT2D eigenvalue weighted by Gasteiger charge is 2.03. The lowest BCUT2D eigenvalue weighted by Gasteiger charge is -2.08. The number of carbonyl (C=O) groups excluding carboxylic acids is 1. The third-order valence-corrected chi connectivity index (χ3v) is 2.36. The third-order valence-electron chi connectivity index (χ3n) is 2.36. The van der Waals surface area contributed by atoms with E-state index in [1.807, 2.05) is 31.2 Å². The van der Waals surface area contributed by atoms with Crippen molar-refractivity contribution in [1.82, 2.24) is 0 Å². The molecular formula is C13H19NO2. The molecule has 1 amide bonds. The Bertz CT molecular complexity index is 336. The highest BCUT2D eigenvalue weighted by molar-refractivity contribution is 5.85. The summed E-state index contributed by atoms with van der Waals surface area (Å²) < 4.78 is 5.05. The number of anilines is 1. The van der Waals surface area contributed by atoms with Crippen LogP contribution >= 0.6 is 0 Å². The van der Waals surface area contributed by atoms with Gasteiger partial charge in [0.25, 0.3) is 0 Å². The second kappa shape index (κ2) is 6.88. The zero-order valence-corrected chi connectivity index (χ0v) is 9.95. The maximum absolute atomic E-state index is 11.4. The molecule has 3 heteroatoms. The van der Waals surface area contributed by atoms with Crippen LogP contribution in [0.3, 0.4) is 0 Å². The van der Waals surface area contributed by atoms with E-state index in [0.29, 0.717) is 6.61 Å². The lowest BCUT2D eigenvalue weighted by molar-refractivity contribution is 0.159. The minimum atomic E-state index is -0.370. The fourth-order valence-corrected chi connectivity index (χ4v) is 1.38. The highest BCUT2D eigenvalue weighted by Crippen LogP contribution is 2.13. The number of benzene rings is 1. The Labute approximate surface area is 96.8 Å². The van der Waals surface area contributed by atoms with E-state index in [-0.39, 0.29) is 6.09 Å². The van der Waals surface area contributed by atoms with Crippen LogP contribution in [0.5, 0.6) is 0 Å². The number of nitrogens with one attached hydrogen (secondary N) is 1. The van der Waals surface area contributed by atoms with Crippen LogP contribution in [0.2, 0.25) is 0 Å².